The molecule has 0 amide bonds. The Bertz CT molecular complexity index is 827. The third-order valence-corrected chi connectivity index (χ3v) is 5.55. The Morgan fingerprint density at radius 3 is 2.72 bits per heavy atom. The minimum atomic E-state index is 0.0656. The molecule has 0 saturated carbocycles. The van der Waals surface area contributed by atoms with Crippen LogP contribution in [-0.2, 0) is 13.5 Å². The van der Waals surface area contributed by atoms with Gasteiger partial charge in [-0.1, -0.05) is 17.8 Å². The maximum atomic E-state index is 12.3. The van der Waals surface area contributed by atoms with Crippen LogP contribution in [0.3, 0.4) is 0 Å². The summed E-state index contributed by atoms with van der Waals surface area (Å²) in [5.74, 6) is 2.08. The molecule has 130 valence electrons. The van der Waals surface area contributed by atoms with Gasteiger partial charge in [0.15, 0.2) is 10.9 Å². The molecule has 0 N–H and O–H groups in total. The maximum absolute atomic E-state index is 12.3. The summed E-state index contributed by atoms with van der Waals surface area (Å²) in [5, 5.41) is 11.3. The van der Waals surface area contributed by atoms with Gasteiger partial charge in [-0.05, 0) is 42.6 Å². The van der Waals surface area contributed by atoms with Crippen molar-refractivity contribution >= 4 is 28.9 Å². The van der Waals surface area contributed by atoms with E-state index in [0.29, 0.717) is 17.9 Å². The molecule has 0 bridgehead atoms. The summed E-state index contributed by atoms with van der Waals surface area (Å²) in [5.41, 5.74) is 0.678. The van der Waals surface area contributed by atoms with E-state index in [1.165, 1.54) is 16.6 Å². The van der Waals surface area contributed by atoms with Gasteiger partial charge in [0.25, 0.3) is 0 Å². The number of thioether (sulfide) groups is 1. The van der Waals surface area contributed by atoms with Crippen LogP contribution in [0, 0.1) is 0 Å². The Kier molecular flexibility index (Phi) is 5.88. The lowest BCUT2D eigenvalue weighted by atomic mass is 10.1. The fraction of sp³-hybridized carbons (Fsp3) is 0.278. The van der Waals surface area contributed by atoms with Crippen LogP contribution in [0.15, 0.2) is 46.9 Å². The molecular weight excluding hydrogens is 354 g/mol. The first kappa shape index (κ1) is 17.7. The third-order valence-electron chi connectivity index (χ3n) is 3.66. The van der Waals surface area contributed by atoms with Gasteiger partial charge in [0, 0.05) is 23.9 Å². The fourth-order valence-electron chi connectivity index (χ4n) is 2.31. The SMILES string of the molecule is CCOc1ccc(C(=O)CSc2nnc(Cc3cccs3)n2C)cc1. The molecule has 2 aromatic heterocycles. The molecule has 0 spiro atoms. The molecule has 3 rings (SSSR count). The quantitative estimate of drug-likeness (QED) is 0.443. The highest BCUT2D eigenvalue weighted by Gasteiger charge is 2.13. The number of Topliss-reactive ketones (excluding diaryl/α,β-unsaturated/α-hetero) is 1. The Hall–Kier alpha value is -2.12. The number of ether oxygens (including phenoxy) is 1. The summed E-state index contributed by atoms with van der Waals surface area (Å²) in [6.45, 7) is 2.55. The van der Waals surface area contributed by atoms with E-state index in [9.17, 15) is 4.79 Å². The van der Waals surface area contributed by atoms with E-state index in [1.54, 1.807) is 23.5 Å². The number of thiophene rings is 1. The van der Waals surface area contributed by atoms with Crippen molar-refractivity contribution in [3.63, 3.8) is 0 Å². The van der Waals surface area contributed by atoms with Gasteiger partial charge in [-0.25, -0.2) is 0 Å². The number of hydrogen-bond acceptors (Lipinski definition) is 6. The Labute approximate surface area is 155 Å². The molecule has 0 aliphatic rings. The van der Waals surface area contributed by atoms with Crippen molar-refractivity contribution in [3.8, 4) is 5.75 Å². The van der Waals surface area contributed by atoms with E-state index in [1.807, 2.05) is 36.7 Å². The molecule has 2 heterocycles. The van der Waals surface area contributed by atoms with Gasteiger partial charge in [0.05, 0.1) is 12.4 Å². The second-order valence-electron chi connectivity index (χ2n) is 5.38. The molecule has 0 fully saturated rings. The van der Waals surface area contributed by atoms with Crippen molar-refractivity contribution in [1.29, 1.82) is 0 Å². The molecule has 0 saturated heterocycles. The highest BCUT2D eigenvalue weighted by atomic mass is 32.2. The normalized spacial score (nSPS) is 10.8. The molecule has 7 heteroatoms. The minimum Gasteiger partial charge on any atom is -0.494 e. The first-order chi connectivity index (χ1) is 12.2. The topological polar surface area (TPSA) is 57.0 Å². The van der Waals surface area contributed by atoms with E-state index < -0.39 is 0 Å². The highest BCUT2D eigenvalue weighted by molar-refractivity contribution is 7.99. The molecule has 3 aromatic rings. The summed E-state index contributed by atoms with van der Waals surface area (Å²) in [4.78, 5) is 13.6. The lowest BCUT2D eigenvalue weighted by Crippen LogP contribution is -2.05. The van der Waals surface area contributed by atoms with Crippen molar-refractivity contribution < 1.29 is 9.53 Å². The standard InChI is InChI=1S/C18H19N3O2S2/c1-3-23-14-8-6-13(7-9-14)16(22)12-25-18-20-19-17(21(18)2)11-15-5-4-10-24-15/h4-10H,3,11-12H2,1-2H3. The van der Waals surface area contributed by atoms with Gasteiger partial charge >= 0.3 is 0 Å². The summed E-state index contributed by atoms with van der Waals surface area (Å²) >= 11 is 3.11. The average Bonchev–Trinajstić information content (AvgIpc) is 3.25. The van der Waals surface area contributed by atoms with Gasteiger partial charge in [0.1, 0.15) is 11.6 Å². The van der Waals surface area contributed by atoms with Crippen molar-refractivity contribution in [1.82, 2.24) is 14.8 Å². The van der Waals surface area contributed by atoms with E-state index in [0.717, 1.165) is 23.2 Å². The first-order valence-electron chi connectivity index (χ1n) is 7.97. The predicted molar refractivity (Wildman–Crippen MR) is 101 cm³/mol. The summed E-state index contributed by atoms with van der Waals surface area (Å²) < 4.78 is 7.35. The van der Waals surface area contributed by atoms with Crippen molar-refractivity contribution in [2.75, 3.05) is 12.4 Å². The van der Waals surface area contributed by atoms with Crippen molar-refractivity contribution in [2.24, 2.45) is 7.05 Å². The van der Waals surface area contributed by atoms with E-state index in [2.05, 4.69) is 21.6 Å². The Balaban J connectivity index is 1.59. The zero-order chi connectivity index (χ0) is 17.6. The molecule has 5 nitrogen and oxygen atoms in total. The molecule has 25 heavy (non-hydrogen) atoms. The zero-order valence-corrected chi connectivity index (χ0v) is 15.8. The van der Waals surface area contributed by atoms with Crippen LogP contribution >= 0.6 is 23.1 Å². The molecule has 0 aliphatic carbocycles. The summed E-state index contributed by atoms with van der Waals surface area (Å²) in [6, 6.07) is 11.4. The Morgan fingerprint density at radius 2 is 2.04 bits per heavy atom. The number of carbonyl (C=O) groups is 1. The number of nitrogens with zero attached hydrogens (tertiary/aromatic N) is 3. The van der Waals surface area contributed by atoms with Crippen LogP contribution in [0.5, 0.6) is 5.75 Å². The molecular formula is C18H19N3O2S2. The first-order valence-corrected chi connectivity index (χ1v) is 9.83. The molecule has 0 unspecified atom stereocenters. The number of hydrogen-bond donors (Lipinski definition) is 0. The van der Waals surface area contributed by atoms with Gasteiger partial charge < -0.3 is 9.30 Å². The summed E-state index contributed by atoms with van der Waals surface area (Å²) in [6.07, 6.45) is 0.758. The van der Waals surface area contributed by atoms with Gasteiger partial charge in [-0.3, -0.25) is 4.79 Å². The molecule has 0 radical (unpaired) electrons. The van der Waals surface area contributed by atoms with Crippen LogP contribution in [0.1, 0.15) is 28.0 Å². The second-order valence-corrected chi connectivity index (χ2v) is 7.36. The van der Waals surface area contributed by atoms with Crippen molar-refractivity contribution in [2.45, 2.75) is 18.5 Å². The van der Waals surface area contributed by atoms with Gasteiger partial charge in [-0.2, -0.15) is 0 Å². The predicted octanol–water partition coefficient (Wildman–Crippen LogP) is 3.84. The number of benzene rings is 1. The second kappa shape index (κ2) is 8.31. The smallest absolute Gasteiger partial charge is 0.191 e. The zero-order valence-electron chi connectivity index (χ0n) is 14.1. The molecule has 0 atom stereocenters. The van der Waals surface area contributed by atoms with Crippen molar-refractivity contribution in [3.05, 3.63) is 58.0 Å². The van der Waals surface area contributed by atoms with Gasteiger partial charge in [0.2, 0.25) is 0 Å². The lowest BCUT2D eigenvalue weighted by molar-refractivity contribution is 0.102. The highest BCUT2D eigenvalue weighted by Crippen LogP contribution is 2.21. The van der Waals surface area contributed by atoms with E-state index in [-0.39, 0.29) is 5.78 Å². The van der Waals surface area contributed by atoms with Crippen LogP contribution in [0.25, 0.3) is 0 Å². The minimum absolute atomic E-state index is 0.0656. The van der Waals surface area contributed by atoms with E-state index >= 15 is 0 Å². The Morgan fingerprint density at radius 1 is 1.24 bits per heavy atom. The van der Waals surface area contributed by atoms with Gasteiger partial charge in [-0.15, -0.1) is 21.5 Å². The number of aromatic nitrogens is 3. The maximum Gasteiger partial charge on any atom is 0.191 e. The molecule has 0 aliphatic heterocycles. The average molecular weight is 374 g/mol. The number of carbonyl (C=O) groups excluding carboxylic acids is 1. The fourth-order valence-corrected chi connectivity index (χ4v) is 3.84. The third kappa shape index (κ3) is 4.49. The van der Waals surface area contributed by atoms with E-state index in [4.69, 9.17) is 4.74 Å². The molecule has 1 aromatic carbocycles. The monoisotopic (exact) mass is 373 g/mol. The van der Waals surface area contributed by atoms with Crippen LogP contribution < -0.4 is 4.74 Å². The van der Waals surface area contributed by atoms with Crippen LogP contribution in [0.2, 0.25) is 0 Å². The summed E-state index contributed by atoms with van der Waals surface area (Å²) in [7, 11) is 1.94. The number of rotatable bonds is 8. The largest absolute Gasteiger partial charge is 0.494 e. The van der Waals surface area contributed by atoms with Crippen LogP contribution in [-0.4, -0.2) is 32.9 Å². The van der Waals surface area contributed by atoms with Crippen LogP contribution in [0.4, 0.5) is 0 Å². The number of ketones is 1. The lowest BCUT2D eigenvalue weighted by Gasteiger charge is -2.05.